The molecule has 0 radical (unpaired) electrons. The molecule has 4 rings (SSSR count). The zero-order valence-corrected chi connectivity index (χ0v) is 19.1. The van der Waals surface area contributed by atoms with Crippen molar-refractivity contribution in [3.05, 3.63) is 89.7 Å². The van der Waals surface area contributed by atoms with Crippen molar-refractivity contribution in [2.45, 2.75) is 5.75 Å². The van der Waals surface area contributed by atoms with Crippen LogP contribution in [0.2, 0.25) is 0 Å². The highest BCUT2D eigenvalue weighted by molar-refractivity contribution is 7.97. The van der Waals surface area contributed by atoms with Gasteiger partial charge in [-0.05, 0) is 47.7 Å². The van der Waals surface area contributed by atoms with Crippen molar-refractivity contribution in [3.8, 4) is 22.9 Å². The zero-order valence-electron chi connectivity index (χ0n) is 18.3. The Kier molecular flexibility index (Phi) is 7.16. The van der Waals surface area contributed by atoms with Gasteiger partial charge in [-0.25, -0.2) is 0 Å². The summed E-state index contributed by atoms with van der Waals surface area (Å²) >= 11 is 1.58. The molecule has 0 saturated heterocycles. The molecule has 0 saturated carbocycles. The third-order valence-electron chi connectivity index (χ3n) is 5.08. The molecule has 1 heterocycles. The summed E-state index contributed by atoms with van der Waals surface area (Å²) in [6.45, 7) is -0.270. The molecule has 0 spiro atoms. The van der Waals surface area contributed by atoms with Crippen molar-refractivity contribution in [1.29, 1.82) is 5.26 Å². The van der Waals surface area contributed by atoms with Crippen LogP contribution in [0.3, 0.4) is 0 Å². The highest BCUT2D eigenvalue weighted by Crippen LogP contribution is 2.28. The van der Waals surface area contributed by atoms with Crippen molar-refractivity contribution in [2.24, 2.45) is 0 Å². The summed E-state index contributed by atoms with van der Waals surface area (Å²) < 4.78 is 11.2. The molecule has 0 bridgehead atoms. The molecule has 8 heteroatoms. The number of rotatable bonds is 7. The molecule has 34 heavy (non-hydrogen) atoms. The number of hydrazine groups is 1. The lowest BCUT2D eigenvalue weighted by Crippen LogP contribution is -2.44. The van der Waals surface area contributed by atoms with Gasteiger partial charge in [0.25, 0.3) is 5.91 Å². The molecule has 0 fully saturated rings. The first-order chi connectivity index (χ1) is 16.6. The molecular formula is C26H21N3O4S. The monoisotopic (exact) mass is 471 g/mol. The van der Waals surface area contributed by atoms with Crippen molar-refractivity contribution in [2.75, 3.05) is 12.9 Å². The molecule has 0 aliphatic carbocycles. The van der Waals surface area contributed by atoms with E-state index in [1.807, 2.05) is 48.7 Å². The predicted molar refractivity (Wildman–Crippen MR) is 131 cm³/mol. The maximum atomic E-state index is 12.6. The second-order valence-electron chi connectivity index (χ2n) is 7.34. The minimum Gasteiger partial charge on any atom is -0.484 e. The fraction of sp³-hybridized carbons (Fsp3) is 0.115. The number of carbonyl (C=O) groups is 2. The Bertz CT molecular complexity index is 1360. The number of amides is 2. The van der Waals surface area contributed by atoms with Crippen LogP contribution in [0.1, 0.15) is 21.7 Å². The van der Waals surface area contributed by atoms with Gasteiger partial charge < -0.3 is 9.15 Å². The van der Waals surface area contributed by atoms with Crippen LogP contribution in [-0.4, -0.2) is 24.7 Å². The standard InChI is InChI=1S/C26H21N3O4S/c1-34-16-22-21-4-2-3-5-23(21)33-25(22)26(31)29-28-24(30)15-32-20-12-10-19(11-13-20)18-8-6-17(14-27)7-9-18/h2-13H,15-16H2,1H3,(H,28,30)(H,29,31). The van der Waals surface area contributed by atoms with Gasteiger partial charge in [0.2, 0.25) is 0 Å². The van der Waals surface area contributed by atoms with Gasteiger partial charge in [0.05, 0.1) is 11.6 Å². The van der Waals surface area contributed by atoms with Crippen LogP contribution in [0.15, 0.2) is 77.2 Å². The minimum atomic E-state index is -0.527. The Labute approximate surface area is 200 Å². The molecular weight excluding hydrogens is 450 g/mol. The first-order valence-electron chi connectivity index (χ1n) is 10.4. The number of benzene rings is 3. The van der Waals surface area contributed by atoms with Gasteiger partial charge in [0, 0.05) is 16.7 Å². The summed E-state index contributed by atoms with van der Waals surface area (Å²) in [4.78, 5) is 24.8. The maximum Gasteiger partial charge on any atom is 0.305 e. The summed E-state index contributed by atoms with van der Waals surface area (Å²) in [5.41, 5.74) is 8.68. The summed E-state index contributed by atoms with van der Waals surface area (Å²) in [7, 11) is 0. The second kappa shape index (κ2) is 10.6. The largest absolute Gasteiger partial charge is 0.484 e. The Morgan fingerprint density at radius 1 is 0.971 bits per heavy atom. The minimum absolute atomic E-state index is 0.176. The van der Waals surface area contributed by atoms with Gasteiger partial charge >= 0.3 is 5.91 Å². The molecule has 3 aromatic carbocycles. The van der Waals surface area contributed by atoms with Gasteiger partial charge in [-0.2, -0.15) is 17.0 Å². The molecule has 7 nitrogen and oxygen atoms in total. The number of nitriles is 1. The average Bonchev–Trinajstić information content (AvgIpc) is 3.25. The highest BCUT2D eigenvalue weighted by Gasteiger charge is 2.20. The topological polar surface area (TPSA) is 104 Å². The van der Waals surface area contributed by atoms with E-state index in [9.17, 15) is 9.59 Å². The third kappa shape index (κ3) is 5.22. The molecule has 0 unspecified atom stereocenters. The van der Waals surface area contributed by atoms with Gasteiger partial charge in [0.15, 0.2) is 12.4 Å². The summed E-state index contributed by atoms with van der Waals surface area (Å²) in [5, 5.41) is 9.78. The second-order valence-corrected chi connectivity index (χ2v) is 8.21. The molecule has 0 aliphatic heterocycles. The number of hydrogen-bond donors (Lipinski definition) is 2. The quantitative estimate of drug-likeness (QED) is 0.380. The summed E-state index contributed by atoms with van der Waals surface area (Å²) in [6, 6.07) is 24.0. The van der Waals surface area contributed by atoms with Gasteiger partial charge in [-0.1, -0.05) is 42.5 Å². The molecule has 1 aromatic heterocycles. The van der Waals surface area contributed by atoms with Crippen molar-refractivity contribution in [1.82, 2.24) is 10.9 Å². The van der Waals surface area contributed by atoms with Gasteiger partial charge in [-0.15, -0.1) is 0 Å². The molecule has 4 aromatic rings. The van der Waals surface area contributed by atoms with Gasteiger partial charge in [0.1, 0.15) is 11.3 Å². The number of ether oxygens (including phenoxy) is 1. The van der Waals surface area contributed by atoms with Crippen LogP contribution in [0.4, 0.5) is 0 Å². The lowest BCUT2D eigenvalue weighted by Gasteiger charge is -2.09. The van der Waals surface area contributed by atoms with E-state index in [0.717, 1.165) is 22.1 Å². The number of para-hydroxylation sites is 1. The number of hydrogen-bond acceptors (Lipinski definition) is 6. The fourth-order valence-electron chi connectivity index (χ4n) is 3.42. The number of carbonyl (C=O) groups excluding carboxylic acids is 2. The van der Waals surface area contributed by atoms with Crippen molar-refractivity contribution >= 4 is 34.5 Å². The lowest BCUT2D eigenvalue weighted by atomic mass is 10.0. The summed E-state index contributed by atoms with van der Waals surface area (Å²) in [5.74, 6) is 0.260. The van der Waals surface area contributed by atoms with Crippen LogP contribution < -0.4 is 15.6 Å². The predicted octanol–water partition coefficient (Wildman–Crippen LogP) is 4.67. The first-order valence-corrected chi connectivity index (χ1v) is 11.8. The number of thioether (sulfide) groups is 1. The van der Waals surface area contributed by atoms with Crippen molar-refractivity contribution < 1.29 is 18.7 Å². The molecule has 0 atom stereocenters. The van der Waals surface area contributed by atoms with Crippen LogP contribution in [-0.2, 0) is 10.5 Å². The van der Waals surface area contributed by atoms with Crippen molar-refractivity contribution in [3.63, 3.8) is 0 Å². The van der Waals surface area contributed by atoms with E-state index in [1.165, 1.54) is 0 Å². The molecule has 0 aliphatic rings. The van der Waals surface area contributed by atoms with Crippen LogP contribution in [0, 0.1) is 11.3 Å². The van der Waals surface area contributed by atoms with E-state index >= 15 is 0 Å². The maximum absolute atomic E-state index is 12.6. The normalized spacial score (nSPS) is 10.5. The van der Waals surface area contributed by atoms with Crippen LogP contribution in [0.25, 0.3) is 22.1 Å². The number of nitrogens with zero attached hydrogens (tertiary/aromatic N) is 1. The average molecular weight is 472 g/mol. The van der Waals surface area contributed by atoms with E-state index in [4.69, 9.17) is 14.4 Å². The van der Waals surface area contributed by atoms with E-state index in [0.29, 0.717) is 22.6 Å². The van der Waals surface area contributed by atoms with E-state index < -0.39 is 11.8 Å². The molecule has 170 valence electrons. The Balaban J connectivity index is 1.31. The summed E-state index contributed by atoms with van der Waals surface area (Å²) in [6.07, 6.45) is 1.94. The van der Waals surface area contributed by atoms with E-state index in [2.05, 4.69) is 16.9 Å². The SMILES string of the molecule is CSCc1c(C(=O)NNC(=O)COc2ccc(-c3ccc(C#N)cc3)cc2)oc2ccccc12. The number of nitrogens with one attached hydrogen (secondary N) is 2. The molecule has 2 amide bonds. The first kappa shape index (κ1) is 23.0. The van der Waals surface area contributed by atoms with E-state index in [-0.39, 0.29) is 12.4 Å². The van der Waals surface area contributed by atoms with Crippen LogP contribution in [0.5, 0.6) is 5.75 Å². The zero-order chi connectivity index (χ0) is 23.9. The highest BCUT2D eigenvalue weighted by atomic mass is 32.2. The Hall–Kier alpha value is -4.22. The Morgan fingerprint density at radius 3 is 2.32 bits per heavy atom. The Morgan fingerprint density at radius 2 is 1.65 bits per heavy atom. The number of fused-ring (bicyclic) bond motifs is 1. The van der Waals surface area contributed by atoms with Crippen LogP contribution >= 0.6 is 11.8 Å². The third-order valence-corrected chi connectivity index (χ3v) is 5.66. The number of furan rings is 1. The lowest BCUT2D eigenvalue weighted by molar-refractivity contribution is -0.123. The van der Waals surface area contributed by atoms with Gasteiger partial charge in [-0.3, -0.25) is 20.4 Å². The smallest absolute Gasteiger partial charge is 0.305 e. The molecule has 2 N–H and O–H groups in total. The fourth-order valence-corrected chi connectivity index (χ4v) is 3.99. The van der Waals surface area contributed by atoms with E-state index in [1.54, 1.807) is 42.1 Å².